The van der Waals surface area contributed by atoms with E-state index in [-0.39, 0.29) is 0 Å². The SMILES string of the molecule is CN=C(NCC1CCCN1CCOC)N(C)CCOCC1CC1. The van der Waals surface area contributed by atoms with Crippen molar-refractivity contribution in [3.8, 4) is 0 Å². The lowest BCUT2D eigenvalue weighted by Gasteiger charge is -2.27. The fraction of sp³-hybridized carbons (Fsp3) is 0.941. The molecule has 0 aromatic heterocycles. The predicted octanol–water partition coefficient (Wildman–Crippen LogP) is 1.03. The number of nitrogens with one attached hydrogen (secondary N) is 1. The standard InChI is InChI=1S/C17H34N4O2/c1-18-17(20(2)9-12-23-14-15-6-7-15)19-13-16-5-4-8-21(16)10-11-22-3/h15-16H,4-14H2,1-3H3,(H,18,19). The highest BCUT2D eigenvalue weighted by Crippen LogP contribution is 2.28. The summed E-state index contributed by atoms with van der Waals surface area (Å²) in [4.78, 5) is 9.07. The Kier molecular flexibility index (Phi) is 8.12. The minimum absolute atomic E-state index is 0.585. The van der Waals surface area contributed by atoms with Crippen molar-refractivity contribution in [3.63, 3.8) is 0 Å². The maximum Gasteiger partial charge on any atom is 0.193 e. The smallest absolute Gasteiger partial charge is 0.193 e. The van der Waals surface area contributed by atoms with Crippen LogP contribution in [0.3, 0.4) is 0 Å². The lowest BCUT2D eigenvalue weighted by atomic mass is 10.2. The number of hydrogen-bond acceptors (Lipinski definition) is 4. The Hall–Kier alpha value is -0.850. The molecule has 1 heterocycles. The number of guanidine groups is 1. The molecule has 0 bridgehead atoms. The van der Waals surface area contributed by atoms with Crippen LogP contribution in [0, 0.1) is 5.92 Å². The summed E-state index contributed by atoms with van der Waals surface area (Å²) in [5, 5.41) is 3.52. The van der Waals surface area contributed by atoms with Gasteiger partial charge in [0.2, 0.25) is 0 Å². The van der Waals surface area contributed by atoms with Crippen molar-refractivity contribution in [2.45, 2.75) is 31.7 Å². The van der Waals surface area contributed by atoms with E-state index in [1.165, 1.54) is 32.2 Å². The first-order valence-corrected chi connectivity index (χ1v) is 8.97. The quantitative estimate of drug-likeness (QED) is 0.369. The van der Waals surface area contributed by atoms with Gasteiger partial charge in [-0.05, 0) is 38.1 Å². The van der Waals surface area contributed by atoms with Crippen molar-refractivity contribution in [2.75, 3.05) is 67.2 Å². The summed E-state index contributed by atoms with van der Waals surface area (Å²) in [5.74, 6) is 1.79. The first-order valence-electron chi connectivity index (χ1n) is 8.97. The van der Waals surface area contributed by atoms with Crippen molar-refractivity contribution in [1.82, 2.24) is 15.1 Å². The van der Waals surface area contributed by atoms with E-state index in [9.17, 15) is 0 Å². The van der Waals surface area contributed by atoms with Crippen LogP contribution in [-0.2, 0) is 9.47 Å². The van der Waals surface area contributed by atoms with E-state index in [4.69, 9.17) is 9.47 Å². The van der Waals surface area contributed by atoms with Crippen molar-refractivity contribution in [2.24, 2.45) is 10.9 Å². The number of methoxy groups -OCH3 is 1. The monoisotopic (exact) mass is 326 g/mol. The van der Waals surface area contributed by atoms with E-state index in [0.717, 1.165) is 51.3 Å². The third kappa shape index (κ3) is 6.65. The molecule has 0 spiro atoms. The molecule has 1 unspecified atom stereocenters. The third-order valence-electron chi connectivity index (χ3n) is 4.77. The summed E-state index contributed by atoms with van der Waals surface area (Å²) >= 11 is 0. The molecule has 0 radical (unpaired) electrons. The Morgan fingerprint density at radius 2 is 2.13 bits per heavy atom. The molecule has 1 saturated heterocycles. The van der Waals surface area contributed by atoms with Gasteiger partial charge in [-0.15, -0.1) is 0 Å². The van der Waals surface area contributed by atoms with Gasteiger partial charge in [0.1, 0.15) is 0 Å². The van der Waals surface area contributed by atoms with Gasteiger partial charge in [-0.1, -0.05) is 0 Å². The van der Waals surface area contributed by atoms with Crippen LogP contribution in [0.1, 0.15) is 25.7 Å². The van der Waals surface area contributed by atoms with Gasteiger partial charge in [-0.2, -0.15) is 0 Å². The Bertz CT molecular complexity index is 361. The number of likely N-dealkylation sites (tertiary alicyclic amines) is 1. The van der Waals surface area contributed by atoms with Crippen LogP contribution in [0.15, 0.2) is 4.99 Å². The molecule has 2 rings (SSSR count). The van der Waals surface area contributed by atoms with Gasteiger partial charge in [0, 0.05) is 53.5 Å². The molecule has 2 aliphatic rings. The highest BCUT2D eigenvalue weighted by Gasteiger charge is 2.24. The third-order valence-corrected chi connectivity index (χ3v) is 4.77. The topological polar surface area (TPSA) is 49.3 Å². The van der Waals surface area contributed by atoms with Gasteiger partial charge in [0.15, 0.2) is 5.96 Å². The zero-order chi connectivity index (χ0) is 16.5. The van der Waals surface area contributed by atoms with E-state index in [0.29, 0.717) is 6.04 Å². The number of rotatable bonds is 10. The van der Waals surface area contributed by atoms with Crippen LogP contribution in [0.2, 0.25) is 0 Å². The number of aliphatic imine (C=N–C) groups is 1. The number of hydrogen-bond donors (Lipinski definition) is 1. The highest BCUT2D eigenvalue weighted by molar-refractivity contribution is 5.79. The van der Waals surface area contributed by atoms with Crippen molar-refractivity contribution >= 4 is 5.96 Å². The van der Waals surface area contributed by atoms with E-state index >= 15 is 0 Å². The van der Waals surface area contributed by atoms with Gasteiger partial charge in [0.05, 0.1) is 13.2 Å². The summed E-state index contributed by atoms with van der Waals surface area (Å²) in [7, 11) is 5.69. The van der Waals surface area contributed by atoms with Gasteiger partial charge in [-0.25, -0.2) is 0 Å². The highest BCUT2D eigenvalue weighted by atomic mass is 16.5. The second kappa shape index (κ2) is 10.1. The second-order valence-corrected chi connectivity index (χ2v) is 6.69. The molecule has 1 atom stereocenters. The van der Waals surface area contributed by atoms with E-state index in [1.54, 1.807) is 7.11 Å². The minimum atomic E-state index is 0.585. The number of ether oxygens (including phenoxy) is 2. The van der Waals surface area contributed by atoms with Crippen LogP contribution in [0.4, 0.5) is 0 Å². The summed E-state index contributed by atoms with van der Waals surface area (Å²) in [6.07, 6.45) is 5.22. The zero-order valence-corrected chi connectivity index (χ0v) is 15.1. The fourth-order valence-electron chi connectivity index (χ4n) is 3.06. The first kappa shape index (κ1) is 18.5. The maximum absolute atomic E-state index is 5.72. The Morgan fingerprint density at radius 1 is 1.30 bits per heavy atom. The van der Waals surface area contributed by atoms with Crippen LogP contribution in [0.5, 0.6) is 0 Å². The molecule has 0 aromatic carbocycles. The number of likely N-dealkylation sites (N-methyl/N-ethyl adjacent to an activating group) is 1. The molecule has 1 aliphatic carbocycles. The van der Waals surface area contributed by atoms with Gasteiger partial charge < -0.3 is 19.7 Å². The summed E-state index contributed by atoms with van der Waals surface area (Å²) in [5.41, 5.74) is 0. The lowest BCUT2D eigenvalue weighted by Crippen LogP contribution is -2.46. The van der Waals surface area contributed by atoms with Crippen molar-refractivity contribution < 1.29 is 9.47 Å². The summed E-state index contributed by atoms with van der Waals surface area (Å²) in [6, 6.07) is 0.585. The molecule has 6 heteroatoms. The largest absolute Gasteiger partial charge is 0.383 e. The molecule has 1 N–H and O–H groups in total. The Morgan fingerprint density at radius 3 is 2.83 bits per heavy atom. The van der Waals surface area contributed by atoms with Crippen LogP contribution in [0.25, 0.3) is 0 Å². The average Bonchev–Trinajstić information content (AvgIpc) is 3.28. The second-order valence-electron chi connectivity index (χ2n) is 6.69. The predicted molar refractivity (Wildman–Crippen MR) is 94.0 cm³/mol. The molecular weight excluding hydrogens is 292 g/mol. The molecule has 23 heavy (non-hydrogen) atoms. The molecule has 134 valence electrons. The van der Waals surface area contributed by atoms with Gasteiger partial charge >= 0.3 is 0 Å². The van der Waals surface area contributed by atoms with Crippen LogP contribution in [-0.4, -0.2) is 89.0 Å². The summed E-state index contributed by atoms with van der Waals surface area (Å²) < 4.78 is 10.9. The fourth-order valence-corrected chi connectivity index (χ4v) is 3.06. The van der Waals surface area contributed by atoms with Crippen LogP contribution >= 0.6 is 0 Å². The van der Waals surface area contributed by atoms with Crippen molar-refractivity contribution in [3.05, 3.63) is 0 Å². The Balaban J connectivity index is 1.64. The normalized spacial score (nSPS) is 22.6. The zero-order valence-electron chi connectivity index (χ0n) is 15.1. The Labute approximate surface area is 141 Å². The number of nitrogens with zero attached hydrogens (tertiary/aromatic N) is 3. The van der Waals surface area contributed by atoms with E-state index in [1.807, 2.05) is 7.05 Å². The van der Waals surface area contributed by atoms with Gasteiger partial charge in [-0.3, -0.25) is 9.89 Å². The molecule has 2 fully saturated rings. The molecule has 0 aromatic rings. The molecular formula is C17H34N4O2. The maximum atomic E-state index is 5.72. The average molecular weight is 326 g/mol. The van der Waals surface area contributed by atoms with Crippen molar-refractivity contribution in [1.29, 1.82) is 0 Å². The lowest BCUT2D eigenvalue weighted by molar-refractivity contribution is 0.115. The molecule has 1 aliphatic heterocycles. The van der Waals surface area contributed by atoms with E-state index in [2.05, 4.69) is 27.2 Å². The summed E-state index contributed by atoms with van der Waals surface area (Å²) in [6.45, 7) is 6.54. The molecule has 0 amide bonds. The van der Waals surface area contributed by atoms with Crippen LogP contribution < -0.4 is 5.32 Å². The van der Waals surface area contributed by atoms with Gasteiger partial charge in [0.25, 0.3) is 0 Å². The first-order chi connectivity index (χ1) is 11.2. The minimum Gasteiger partial charge on any atom is -0.383 e. The molecule has 1 saturated carbocycles. The van der Waals surface area contributed by atoms with E-state index < -0.39 is 0 Å². The molecule has 6 nitrogen and oxygen atoms in total.